The van der Waals surface area contributed by atoms with Crippen molar-refractivity contribution in [3.05, 3.63) is 30.4 Å². The first-order valence-corrected chi connectivity index (χ1v) is 8.64. The van der Waals surface area contributed by atoms with E-state index in [0.717, 1.165) is 42.1 Å². The fraction of sp³-hybridized carbons (Fsp3) is 0.471. The highest BCUT2D eigenvalue weighted by molar-refractivity contribution is 5.77. The Kier molecular flexibility index (Phi) is 3.93. The lowest BCUT2D eigenvalue weighted by Crippen LogP contribution is -2.49. The summed E-state index contributed by atoms with van der Waals surface area (Å²) in [6, 6.07) is 2.60. The van der Waals surface area contributed by atoms with E-state index in [9.17, 15) is 0 Å². The lowest BCUT2D eigenvalue weighted by atomic mass is 10.1. The lowest BCUT2D eigenvalue weighted by Gasteiger charge is -2.38. The summed E-state index contributed by atoms with van der Waals surface area (Å²) < 4.78 is 3.47. The minimum atomic E-state index is 0.206. The molecule has 25 heavy (non-hydrogen) atoms. The Morgan fingerprint density at radius 2 is 2.12 bits per heavy atom. The highest BCUT2D eigenvalue weighted by Crippen LogP contribution is 2.29. The molecule has 1 saturated heterocycles. The smallest absolute Gasteiger partial charge is 0.165 e. The van der Waals surface area contributed by atoms with Crippen molar-refractivity contribution in [3.63, 3.8) is 0 Å². The molecular weight excluding hydrogens is 316 g/mol. The Bertz CT molecular complexity index is 893. The van der Waals surface area contributed by atoms with Gasteiger partial charge >= 0.3 is 0 Å². The Morgan fingerprint density at radius 1 is 1.28 bits per heavy atom. The molecule has 1 aliphatic heterocycles. The second-order valence-corrected chi connectivity index (χ2v) is 6.85. The number of nitrogens with one attached hydrogen (secondary N) is 1. The van der Waals surface area contributed by atoms with E-state index in [1.54, 1.807) is 15.4 Å². The molecule has 1 unspecified atom stereocenters. The van der Waals surface area contributed by atoms with Crippen LogP contribution in [-0.4, -0.2) is 55.0 Å². The Labute approximate surface area is 146 Å². The zero-order chi connectivity index (χ0) is 17.6. The van der Waals surface area contributed by atoms with Crippen LogP contribution >= 0.6 is 0 Å². The molecule has 3 aromatic heterocycles. The van der Waals surface area contributed by atoms with Gasteiger partial charge in [-0.3, -0.25) is 9.58 Å². The van der Waals surface area contributed by atoms with Gasteiger partial charge in [0.15, 0.2) is 5.65 Å². The highest BCUT2D eigenvalue weighted by Gasteiger charge is 2.28. The molecule has 0 aromatic carbocycles. The largest absolute Gasteiger partial charge is 0.384 e. The standard InChI is InChI=1S/C17H24N8/c1-11(2)24-5-4-19-9-15(24)14-6-16(18)25-17(22-14)13(8-21-25)12-7-20-23(3)10-12/h6-8,10-11,15,19H,4-5,9,18H2,1-3H3. The van der Waals surface area contributed by atoms with Gasteiger partial charge in [-0.25, -0.2) is 4.98 Å². The summed E-state index contributed by atoms with van der Waals surface area (Å²) in [6.45, 7) is 7.32. The predicted octanol–water partition coefficient (Wildman–Crippen LogP) is 1.07. The molecule has 1 aliphatic rings. The van der Waals surface area contributed by atoms with Gasteiger partial charge in [0.05, 0.1) is 24.1 Å². The second kappa shape index (κ2) is 6.12. The van der Waals surface area contributed by atoms with Crippen LogP contribution in [0.25, 0.3) is 16.8 Å². The molecule has 0 radical (unpaired) electrons. The quantitative estimate of drug-likeness (QED) is 0.741. The SMILES string of the molecule is CC(C)N1CCNCC1c1cc(N)n2ncc(-c3cnn(C)c3)c2n1. The van der Waals surface area contributed by atoms with Crippen molar-refractivity contribution in [3.8, 4) is 11.1 Å². The van der Waals surface area contributed by atoms with Crippen LogP contribution in [0.15, 0.2) is 24.7 Å². The van der Waals surface area contributed by atoms with Gasteiger partial charge < -0.3 is 11.1 Å². The number of hydrogen-bond donors (Lipinski definition) is 2. The van der Waals surface area contributed by atoms with Crippen molar-refractivity contribution in [2.45, 2.75) is 25.9 Å². The summed E-state index contributed by atoms with van der Waals surface area (Å²) in [7, 11) is 1.90. The van der Waals surface area contributed by atoms with Gasteiger partial charge in [-0.15, -0.1) is 0 Å². The minimum Gasteiger partial charge on any atom is -0.384 e. The molecule has 0 saturated carbocycles. The van der Waals surface area contributed by atoms with Gasteiger partial charge in [0.1, 0.15) is 5.82 Å². The van der Waals surface area contributed by atoms with Crippen molar-refractivity contribution in [1.29, 1.82) is 0 Å². The normalized spacial score (nSPS) is 19.1. The van der Waals surface area contributed by atoms with E-state index in [0.29, 0.717) is 11.9 Å². The van der Waals surface area contributed by atoms with E-state index in [2.05, 4.69) is 34.3 Å². The number of aryl methyl sites for hydroxylation is 1. The Morgan fingerprint density at radius 3 is 2.84 bits per heavy atom. The lowest BCUT2D eigenvalue weighted by molar-refractivity contribution is 0.121. The van der Waals surface area contributed by atoms with Crippen molar-refractivity contribution < 1.29 is 0 Å². The maximum absolute atomic E-state index is 6.28. The Hall–Kier alpha value is -2.45. The van der Waals surface area contributed by atoms with Crippen molar-refractivity contribution in [2.75, 3.05) is 25.4 Å². The van der Waals surface area contributed by atoms with E-state index in [1.807, 2.05) is 25.5 Å². The number of nitrogens with two attached hydrogens (primary N) is 1. The summed E-state index contributed by atoms with van der Waals surface area (Å²) in [4.78, 5) is 7.41. The zero-order valence-corrected chi connectivity index (χ0v) is 14.8. The average Bonchev–Trinajstić information content (AvgIpc) is 3.21. The third-order valence-electron chi connectivity index (χ3n) is 4.82. The molecule has 1 atom stereocenters. The summed E-state index contributed by atoms with van der Waals surface area (Å²) in [5.74, 6) is 0.601. The van der Waals surface area contributed by atoms with Crippen LogP contribution in [0.3, 0.4) is 0 Å². The Balaban J connectivity index is 1.82. The number of piperazine rings is 1. The maximum Gasteiger partial charge on any atom is 0.165 e. The zero-order valence-electron chi connectivity index (χ0n) is 14.8. The minimum absolute atomic E-state index is 0.206. The fourth-order valence-corrected chi connectivity index (χ4v) is 3.55. The molecule has 8 heteroatoms. The average molecular weight is 340 g/mol. The molecule has 8 nitrogen and oxygen atoms in total. The molecule has 3 aromatic rings. The van der Waals surface area contributed by atoms with Gasteiger partial charge in [0.25, 0.3) is 0 Å². The molecule has 4 rings (SSSR count). The van der Waals surface area contributed by atoms with E-state index in [-0.39, 0.29) is 6.04 Å². The number of fused-ring (bicyclic) bond motifs is 1. The molecule has 0 aliphatic carbocycles. The van der Waals surface area contributed by atoms with Gasteiger partial charge in [-0.2, -0.15) is 14.7 Å². The van der Waals surface area contributed by atoms with Crippen LogP contribution in [0.2, 0.25) is 0 Å². The maximum atomic E-state index is 6.28. The first kappa shape index (κ1) is 16.0. The number of aromatic nitrogens is 5. The van der Waals surface area contributed by atoms with Crippen LogP contribution in [0.5, 0.6) is 0 Å². The molecule has 0 amide bonds. The number of anilines is 1. The van der Waals surface area contributed by atoms with E-state index >= 15 is 0 Å². The number of rotatable bonds is 3. The topological polar surface area (TPSA) is 89.3 Å². The van der Waals surface area contributed by atoms with Crippen molar-refractivity contribution in [1.82, 2.24) is 34.6 Å². The van der Waals surface area contributed by atoms with Crippen LogP contribution in [0, 0.1) is 0 Å². The summed E-state index contributed by atoms with van der Waals surface area (Å²) >= 11 is 0. The third-order valence-corrected chi connectivity index (χ3v) is 4.82. The molecule has 4 heterocycles. The van der Waals surface area contributed by atoms with Gasteiger partial charge in [0, 0.05) is 56.1 Å². The molecule has 0 bridgehead atoms. The number of nitrogen functional groups attached to an aromatic ring is 1. The van der Waals surface area contributed by atoms with E-state index in [4.69, 9.17) is 10.7 Å². The fourth-order valence-electron chi connectivity index (χ4n) is 3.55. The molecular formula is C17H24N8. The predicted molar refractivity (Wildman–Crippen MR) is 97.1 cm³/mol. The van der Waals surface area contributed by atoms with E-state index < -0.39 is 0 Å². The second-order valence-electron chi connectivity index (χ2n) is 6.85. The van der Waals surface area contributed by atoms with Crippen LogP contribution in [0.4, 0.5) is 5.82 Å². The monoisotopic (exact) mass is 340 g/mol. The van der Waals surface area contributed by atoms with Crippen LogP contribution in [0.1, 0.15) is 25.6 Å². The van der Waals surface area contributed by atoms with Gasteiger partial charge in [-0.1, -0.05) is 0 Å². The first-order valence-electron chi connectivity index (χ1n) is 8.64. The van der Waals surface area contributed by atoms with Crippen LogP contribution < -0.4 is 11.1 Å². The van der Waals surface area contributed by atoms with Gasteiger partial charge in [0.2, 0.25) is 0 Å². The number of hydrogen-bond acceptors (Lipinski definition) is 6. The third kappa shape index (κ3) is 2.77. The van der Waals surface area contributed by atoms with Crippen LogP contribution in [-0.2, 0) is 7.05 Å². The number of nitrogens with zero attached hydrogens (tertiary/aromatic N) is 6. The van der Waals surface area contributed by atoms with Crippen molar-refractivity contribution in [2.24, 2.45) is 7.05 Å². The summed E-state index contributed by atoms with van der Waals surface area (Å²) in [5, 5.41) is 12.1. The molecule has 1 fully saturated rings. The van der Waals surface area contributed by atoms with E-state index in [1.165, 1.54) is 0 Å². The summed E-state index contributed by atoms with van der Waals surface area (Å²) in [5.41, 5.74) is 9.98. The molecule has 132 valence electrons. The van der Waals surface area contributed by atoms with Crippen molar-refractivity contribution >= 4 is 11.5 Å². The molecule has 0 spiro atoms. The molecule has 3 N–H and O–H groups in total. The van der Waals surface area contributed by atoms with Gasteiger partial charge in [-0.05, 0) is 13.8 Å². The first-order chi connectivity index (χ1) is 12.0. The highest BCUT2D eigenvalue weighted by atomic mass is 15.3. The summed E-state index contributed by atoms with van der Waals surface area (Å²) in [6.07, 6.45) is 5.59.